The summed E-state index contributed by atoms with van der Waals surface area (Å²) < 4.78 is 5.99. The highest BCUT2D eigenvalue weighted by Gasteiger charge is 2.20. The first-order chi connectivity index (χ1) is 15.0. The summed E-state index contributed by atoms with van der Waals surface area (Å²) in [6.45, 7) is 0.00837. The molecule has 0 aliphatic carbocycles. The Bertz CT molecular complexity index is 1040. The van der Waals surface area contributed by atoms with E-state index >= 15 is 0 Å². The molecule has 0 fully saturated rings. The van der Waals surface area contributed by atoms with Gasteiger partial charge in [0.2, 0.25) is 5.91 Å². The first kappa shape index (κ1) is 22.5. The molecule has 0 saturated carbocycles. The average molecular weight is 483 g/mol. The molecule has 7 nitrogen and oxygen atoms in total. The average Bonchev–Trinajstić information content (AvgIpc) is 2.81. The molecule has 3 aromatic carbocycles. The van der Waals surface area contributed by atoms with Crippen LogP contribution < -0.4 is 26.6 Å². The van der Waals surface area contributed by atoms with E-state index in [-0.39, 0.29) is 24.4 Å². The minimum absolute atomic E-state index is 0.00837. The van der Waals surface area contributed by atoms with E-state index in [0.29, 0.717) is 17.0 Å². The summed E-state index contributed by atoms with van der Waals surface area (Å²) in [5.74, 6) is 5.30. The van der Waals surface area contributed by atoms with Crippen LogP contribution in [0.3, 0.4) is 0 Å². The number of carbonyl (C=O) groups is 2. The summed E-state index contributed by atoms with van der Waals surface area (Å²) >= 11 is 3.50. The number of nitrogens with two attached hydrogens (primary N) is 1. The molecule has 0 radical (unpaired) electrons. The maximum atomic E-state index is 12.9. The predicted molar refractivity (Wildman–Crippen MR) is 124 cm³/mol. The maximum absolute atomic E-state index is 12.9. The van der Waals surface area contributed by atoms with Gasteiger partial charge in [0.1, 0.15) is 5.75 Å². The molecule has 1 atom stereocenters. The molecule has 0 heterocycles. The Labute approximate surface area is 189 Å². The first-order valence-corrected chi connectivity index (χ1v) is 10.3. The van der Waals surface area contributed by atoms with Crippen molar-refractivity contribution in [3.05, 3.63) is 94.0 Å². The van der Waals surface area contributed by atoms with Gasteiger partial charge in [-0.2, -0.15) is 0 Å². The molecule has 3 rings (SSSR count). The molecular formula is C23H23BrN4O3. The van der Waals surface area contributed by atoms with Crippen LogP contribution in [-0.2, 0) is 4.79 Å². The van der Waals surface area contributed by atoms with Crippen molar-refractivity contribution in [2.75, 3.05) is 19.0 Å². The van der Waals surface area contributed by atoms with Crippen LogP contribution in [0.1, 0.15) is 27.5 Å². The minimum Gasteiger partial charge on any atom is -0.497 e. The summed E-state index contributed by atoms with van der Waals surface area (Å²) in [5.41, 5.74) is 4.98. The lowest BCUT2D eigenvalue weighted by molar-refractivity contribution is -0.120. The van der Waals surface area contributed by atoms with Gasteiger partial charge in [-0.25, -0.2) is 5.84 Å². The zero-order valence-electron chi connectivity index (χ0n) is 16.9. The Hall–Kier alpha value is -3.20. The predicted octanol–water partition coefficient (Wildman–Crippen LogP) is 3.38. The number of carbonyl (C=O) groups excluding carboxylic acids is 2. The Morgan fingerprint density at radius 1 is 1.03 bits per heavy atom. The molecule has 160 valence electrons. The normalized spacial score (nSPS) is 11.5. The fourth-order valence-corrected chi connectivity index (χ4v) is 3.50. The second kappa shape index (κ2) is 10.7. The van der Waals surface area contributed by atoms with E-state index in [0.717, 1.165) is 15.6 Å². The van der Waals surface area contributed by atoms with Crippen LogP contribution in [0, 0.1) is 0 Å². The third-order valence-corrected chi connectivity index (χ3v) is 5.18. The quantitative estimate of drug-likeness (QED) is 0.223. The lowest BCUT2D eigenvalue weighted by Crippen LogP contribution is -2.39. The molecular weight excluding hydrogens is 460 g/mol. The first-order valence-electron chi connectivity index (χ1n) is 9.54. The van der Waals surface area contributed by atoms with Crippen molar-refractivity contribution in [2.45, 2.75) is 6.04 Å². The fourth-order valence-electron chi connectivity index (χ4n) is 3.12. The van der Waals surface area contributed by atoms with Gasteiger partial charge in [-0.1, -0.05) is 46.3 Å². The van der Waals surface area contributed by atoms with E-state index in [1.807, 2.05) is 48.5 Å². The minimum atomic E-state index is -0.359. The lowest BCUT2D eigenvalue weighted by Gasteiger charge is -2.23. The largest absolute Gasteiger partial charge is 0.497 e. The summed E-state index contributed by atoms with van der Waals surface area (Å²) in [6, 6.07) is 21.7. The van der Waals surface area contributed by atoms with E-state index < -0.39 is 0 Å². The number of hydrogen-bond donors (Lipinski definition) is 4. The highest BCUT2D eigenvalue weighted by atomic mass is 79.9. The van der Waals surface area contributed by atoms with Gasteiger partial charge in [-0.3, -0.25) is 20.3 Å². The highest BCUT2D eigenvalue weighted by molar-refractivity contribution is 9.10. The molecule has 0 aliphatic rings. The molecule has 0 saturated heterocycles. The summed E-state index contributed by atoms with van der Waals surface area (Å²) in [4.78, 5) is 24.6. The van der Waals surface area contributed by atoms with Crippen LogP contribution in [0.2, 0.25) is 0 Å². The van der Waals surface area contributed by atoms with Crippen LogP contribution in [-0.4, -0.2) is 25.5 Å². The fraction of sp³-hybridized carbons (Fsp3) is 0.130. The molecule has 5 N–H and O–H groups in total. The van der Waals surface area contributed by atoms with Crippen LogP contribution in [0.5, 0.6) is 5.75 Å². The molecule has 8 heteroatoms. The van der Waals surface area contributed by atoms with E-state index in [2.05, 4.69) is 32.0 Å². The molecule has 0 aliphatic heterocycles. The number of benzene rings is 3. The zero-order valence-corrected chi connectivity index (χ0v) is 18.5. The van der Waals surface area contributed by atoms with Crippen LogP contribution in [0.4, 0.5) is 5.69 Å². The molecule has 2 amide bonds. The number of nitrogens with one attached hydrogen (secondary N) is 3. The number of anilines is 1. The van der Waals surface area contributed by atoms with Crippen LogP contribution >= 0.6 is 15.9 Å². The van der Waals surface area contributed by atoms with E-state index in [1.54, 1.807) is 31.4 Å². The number of amides is 2. The van der Waals surface area contributed by atoms with E-state index in [4.69, 9.17) is 10.6 Å². The number of hydrazine groups is 1. The smallest absolute Gasteiger partial charge is 0.255 e. The third-order valence-electron chi connectivity index (χ3n) is 4.69. The highest BCUT2D eigenvalue weighted by Crippen LogP contribution is 2.31. The number of halogens is 1. The van der Waals surface area contributed by atoms with Crippen molar-refractivity contribution < 1.29 is 14.3 Å². The standard InChI is InChI=1S/C23H23BrN4O3/c1-31-18-10-7-16(8-11-18)23(30)27-20-12-9-17(24)13-19(20)22(26-14-21(29)28-25)15-5-3-2-4-6-15/h2-13,22,26H,14,25H2,1H3,(H,27,30)(H,28,29)/t22-/m1/s1. The molecule has 0 spiro atoms. The lowest BCUT2D eigenvalue weighted by atomic mass is 9.96. The monoisotopic (exact) mass is 482 g/mol. The SMILES string of the molecule is COc1ccc(C(=O)Nc2ccc(Br)cc2[C@H](NCC(=O)NN)c2ccccc2)cc1. The summed E-state index contributed by atoms with van der Waals surface area (Å²) in [5, 5.41) is 6.20. The van der Waals surface area contributed by atoms with Gasteiger partial charge in [-0.15, -0.1) is 0 Å². The Morgan fingerprint density at radius 3 is 2.39 bits per heavy atom. The van der Waals surface area contributed by atoms with Crippen molar-refractivity contribution in [3.63, 3.8) is 0 Å². The topological polar surface area (TPSA) is 105 Å². The number of ether oxygens (including phenoxy) is 1. The number of methoxy groups -OCH3 is 1. The number of rotatable bonds is 8. The van der Waals surface area contributed by atoms with Gasteiger partial charge in [0, 0.05) is 15.7 Å². The summed E-state index contributed by atoms with van der Waals surface area (Å²) in [7, 11) is 1.57. The van der Waals surface area contributed by atoms with Crippen molar-refractivity contribution in [1.82, 2.24) is 10.7 Å². The molecule has 0 aromatic heterocycles. The Kier molecular flexibility index (Phi) is 7.77. The van der Waals surface area contributed by atoms with Crippen LogP contribution in [0.25, 0.3) is 0 Å². The second-order valence-corrected chi connectivity index (χ2v) is 7.62. The summed E-state index contributed by atoms with van der Waals surface area (Å²) in [6.07, 6.45) is 0. The van der Waals surface area contributed by atoms with Gasteiger partial charge in [0.05, 0.1) is 19.7 Å². The number of hydrogen-bond acceptors (Lipinski definition) is 5. The molecule has 31 heavy (non-hydrogen) atoms. The third kappa shape index (κ3) is 5.91. The van der Waals surface area contributed by atoms with Crippen molar-refractivity contribution in [1.29, 1.82) is 0 Å². The van der Waals surface area contributed by atoms with Crippen molar-refractivity contribution >= 4 is 33.4 Å². The van der Waals surface area contributed by atoms with Gasteiger partial charge in [0.25, 0.3) is 5.91 Å². The molecule has 0 bridgehead atoms. The molecule has 3 aromatic rings. The maximum Gasteiger partial charge on any atom is 0.255 e. The van der Waals surface area contributed by atoms with E-state index in [1.165, 1.54) is 0 Å². The van der Waals surface area contributed by atoms with E-state index in [9.17, 15) is 9.59 Å². The zero-order chi connectivity index (χ0) is 22.2. The van der Waals surface area contributed by atoms with Gasteiger partial charge >= 0.3 is 0 Å². The van der Waals surface area contributed by atoms with Gasteiger partial charge < -0.3 is 10.1 Å². The Morgan fingerprint density at radius 2 is 1.74 bits per heavy atom. The van der Waals surface area contributed by atoms with Crippen molar-refractivity contribution in [3.8, 4) is 5.75 Å². The van der Waals surface area contributed by atoms with Gasteiger partial charge in [-0.05, 0) is 53.6 Å². The molecule has 0 unspecified atom stereocenters. The second-order valence-electron chi connectivity index (χ2n) is 6.71. The van der Waals surface area contributed by atoms with Gasteiger partial charge in [0.15, 0.2) is 0 Å². The Balaban J connectivity index is 1.94. The van der Waals surface area contributed by atoms with Crippen LogP contribution in [0.15, 0.2) is 77.3 Å². The van der Waals surface area contributed by atoms with Crippen molar-refractivity contribution in [2.24, 2.45) is 5.84 Å².